The van der Waals surface area contributed by atoms with Crippen molar-refractivity contribution in [3.05, 3.63) is 53.6 Å². The third-order valence-corrected chi connectivity index (χ3v) is 4.03. The number of hydrogen-bond acceptors (Lipinski definition) is 3. The Kier molecular flexibility index (Phi) is 2.94. The highest BCUT2D eigenvalue weighted by atomic mass is 32.2. The Bertz CT molecular complexity index is 646. The van der Waals surface area contributed by atoms with Crippen LogP contribution < -0.4 is 0 Å². The van der Waals surface area contributed by atoms with E-state index in [1.54, 1.807) is 0 Å². The highest BCUT2D eigenvalue weighted by Gasteiger charge is 2.23. The largest absolute Gasteiger partial charge is 0.386 e. The molecule has 2 nitrogen and oxygen atoms in total. The molecule has 90 valence electrons. The predicted molar refractivity (Wildman–Crippen MR) is 75.8 cm³/mol. The molecule has 2 aromatic rings. The van der Waals surface area contributed by atoms with Crippen molar-refractivity contribution >= 4 is 34.4 Å². The second-order valence-corrected chi connectivity index (χ2v) is 5.33. The predicted octanol–water partition coefficient (Wildman–Crippen LogP) is 3.10. The molecule has 0 aliphatic heterocycles. The van der Waals surface area contributed by atoms with Crippen LogP contribution >= 0.6 is 11.8 Å². The summed E-state index contributed by atoms with van der Waals surface area (Å²) < 4.78 is 0. The molecule has 0 radical (unpaired) electrons. The summed E-state index contributed by atoms with van der Waals surface area (Å²) in [5.41, 5.74) is 1.72. The van der Waals surface area contributed by atoms with Gasteiger partial charge in [0, 0.05) is 5.56 Å². The molecule has 0 saturated heterocycles. The van der Waals surface area contributed by atoms with Crippen molar-refractivity contribution in [1.82, 2.24) is 0 Å². The molecule has 1 aliphatic carbocycles. The van der Waals surface area contributed by atoms with Gasteiger partial charge in [-0.25, -0.2) is 0 Å². The molecule has 1 atom stereocenters. The van der Waals surface area contributed by atoms with Gasteiger partial charge in [0.1, 0.15) is 0 Å². The van der Waals surface area contributed by atoms with Gasteiger partial charge in [0.05, 0.1) is 11.2 Å². The van der Waals surface area contributed by atoms with E-state index in [9.17, 15) is 4.79 Å². The number of hydrogen-bond donors (Lipinski definition) is 1. The zero-order chi connectivity index (χ0) is 12.5. The van der Waals surface area contributed by atoms with E-state index in [4.69, 9.17) is 5.11 Å². The first kappa shape index (κ1) is 11.5. The van der Waals surface area contributed by atoms with E-state index in [1.165, 1.54) is 11.8 Å². The van der Waals surface area contributed by atoms with Crippen LogP contribution in [0.25, 0.3) is 16.8 Å². The molecule has 2 aromatic carbocycles. The third-order valence-electron chi connectivity index (χ3n) is 3.15. The monoisotopic (exact) mass is 256 g/mol. The van der Waals surface area contributed by atoms with Crippen molar-refractivity contribution in [3.63, 3.8) is 0 Å². The standard InChI is InChI=1S/C15H12O2S/c16-9-18-14-6-5-12-7-10-3-1-2-4-11(10)8-13(12)15(14)17/h1-8,14,16H,9H2. The minimum absolute atomic E-state index is 0.0380. The lowest BCUT2D eigenvalue weighted by Crippen LogP contribution is -2.19. The molecular weight excluding hydrogens is 244 g/mol. The van der Waals surface area contributed by atoms with Crippen LogP contribution in [0.3, 0.4) is 0 Å². The fourth-order valence-electron chi connectivity index (χ4n) is 2.25. The van der Waals surface area contributed by atoms with Crippen molar-refractivity contribution in [2.75, 3.05) is 5.94 Å². The normalized spacial score (nSPS) is 18.1. The zero-order valence-electron chi connectivity index (χ0n) is 9.67. The maximum Gasteiger partial charge on any atom is 0.180 e. The lowest BCUT2D eigenvalue weighted by Gasteiger charge is -2.17. The van der Waals surface area contributed by atoms with Crippen LogP contribution in [-0.4, -0.2) is 22.1 Å². The van der Waals surface area contributed by atoms with E-state index in [0.29, 0.717) is 0 Å². The molecule has 1 unspecified atom stereocenters. The molecule has 3 rings (SSSR count). The van der Waals surface area contributed by atoms with Crippen LogP contribution in [0, 0.1) is 0 Å². The van der Waals surface area contributed by atoms with Gasteiger partial charge in [-0.1, -0.05) is 36.4 Å². The number of Topliss-reactive ketones (excluding diaryl/α,β-unsaturated/α-hetero) is 1. The highest BCUT2D eigenvalue weighted by molar-refractivity contribution is 8.00. The summed E-state index contributed by atoms with van der Waals surface area (Å²) in [6.07, 6.45) is 3.83. The summed E-state index contributed by atoms with van der Waals surface area (Å²) in [6, 6.07) is 12.0. The van der Waals surface area contributed by atoms with Crippen molar-refractivity contribution in [2.24, 2.45) is 0 Å². The zero-order valence-corrected chi connectivity index (χ0v) is 10.5. The Labute approximate surface area is 109 Å². The Morgan fingerprint density at radius 1 is 1.17 bits per heavy atom. The average Bonchev–Trinajstić information content (AvgIpc) is 2.41. The van der Waals surface area contributed by atoms with Crippen molar-refractivity contribution in [1.29, 1.82) is 0 Å². The Morgan fingerprint density at radius 3 is 2.61 bits per heavy atom. The van der Waals surface area contributed by atoms with Gasteiger partial charge in [-0.15, -0.1) is 11.8 Å². The lowest BCUT2D eigenvalue weighted by atomic mass is 9.93. The summed E-state index contributed by atoms with van der Waals surface area (Å²) in [5, 5.41) is 10.9. The Morgan fingerprint density at radius 2 is 1.89 bits per heavy atom. The summed E-state index contributed by atoms with van der Waals surface area (Å²) >= 11 is 1.25. The number of carbonyl (C=O) groups excluding carboxylic acids is 1. The maximum absolute atomic E-state index is 12.3. The van der Waals surface area contributed by atoms with Gasteiger partial charge in [0.2, 0.25) is 0 Å². The number of fused-ring (bicyclic) bond motifs is 2. The minimum Gasteiger partial charge on any atom is -0.386 e. The molecule has 3 heteroatoms. The first-order valence-electron chi connectivity index (χ1n) is 5.77. The summed E-state index contributed by atoms with van der Waals surface area (Å²) in [4.78, 5) is 12.3. The number of thioether (sulfide) groups is 1. The molecule has 0 aromatic heterocycles. The number of rotatable bonds is 2. The van der Waals surface area contributed by atoms with Crippen LogP contribution in [0.1, 0.15) is 15.9 Å². The summed E-state index contributed by atoms with van der Waals surface area (Å²) in [6.45, 7) is 0. The first-order valence-corrected chi connectivity index (χ1v) is 6.82. The third kappa shape index (κ3) is 1.85. The molecular formula is C15H12O2S. The van der Waals surface area contributed by atoms with Gasteiger partial charge in [0.15, 0.2) is 5.78 Å². The van der Waals surface area contributed by atoms with Gasteiger partial charge in [0.25, 0.3) is 0 Å². The number of benzene rings is 2. The van der Waals surface area contributed by atoms with E-state index in [2.05, 4.69) is 0 Å². The van der Waals surface area contributed by atoms with Gasteiger partial charge >= 0.3 is 0 Å². The molecule has 0 fully saturated rings. The number of carbonyl (C=O) groups is 1. The number of ketones is 1. The second kappa shape index (κ2) is 4.59. The van der Waals surface area contributed by atoms with E-state index < -0.39 is 0 Å². The Hall–Kier alpha value is -1.58. The van der Waals surface area contributed by atoms with Gasteiger partial charge in [-0.05, 0) is 28.5 Å². The first-order chi connectivity index (χ1) is 8.79. The fraction of sp³-hybridized carbons (Fsp3) is 0.133. The van der Waals surface area contributed by atoms with E-state index in [0.717, 1.165) is 21.9 Å². The SMILES string of the molecule is O=C1c2cc3ccccc3cc2C=CC1SCO. The van der Waals surface area contributed by atoms with Gasteiger partial charge < -0.3 is 5.11 Å². The summed E-state index contributed by atoms with van der Waals surface area (Å²) in [7, 11) is 0. The van der Waals surface area contributed by atoms with Crippen LogP contribution in [0.2, 0.25) is 0 Å². The van der Waals surface area contributed by atoms with E-state index >= 15 is 0 Å². The Balaban J connectivity index is 2.14. The molecule has 1 aliphatic rings. The lowest BCUT2D eigenvalue weighted by molar-refractivity contribution is 0.0999. The minimum atomic E-state index is -0.260. The topological polar surface area (TPSA) is 37.3 Å². The smallest absolute Gasteiger partial charge is 0.180 e. The van der Waals surface area contributed by atoms with Crippen LogP contribution in [-0.2, 0) is 0 Å². The quantitative estimate of drug-likeness (QED) is 0.839. The van der Waals surface area contributed by atoms with E-state index in [-0.39, 0.29) is 17.0 Å². The number of aliphatic hydroxyl groups is 1. The molecule has 18 heavy (non-hydrogen) atoms. The molecule has 0 saturated carbocycles. The molecule has 1 N–H and O–H groups in total. The molecule has 0 spiro atoms. The van der Waals surface area contributed by atoms with Crippen LogP contribution in [0.5, 0.6) is 0 Å². The van der Waals surface area contributed by atoms with Gasteiger partial charge in [-0.3, -0.25) is 4.79 Å². The molecule has 0 heterocycles. The van der Waals surface area contributed by atoms with E-state index in [1.807, 2.05) is 48.6 Å². The summed E-state index contributed by atoms with van der Waals surface area (Å²) in [5.74, 6) is 0.0428. The molecule has 0 amide bonds. The van der Waals surface area contributed by atoms with Crippen molar-refractivity contribution < 1.29 is 9.90 Å². The molecule has 0 bridgehead atoms. The maximum atomic E-state index is 12.3. The number of aliphatic hydroxyl groups excluding tert-OH is 1. The van der Waals surface area contributed by atoms with Crippen LogP contribution in [0.15, 0.2) is 42.5 Å². The van der Waals surface area contributed by atoms with Crippen molar-refractivity contribution in [2.45, 2.75) is 5.25 Å². The van der Waals surface area contributed by atoms with Crippen molar-refractivity contribution in [3.8, 4) is 0 Å². The van der Waals surface area contributed by atoms with Crippen LogP contribution in [0.4, 0.5) is 0 Å². The fourth-order valence-corrected chi connectivity index (χ4v) is 2.88. The highest BCUT2D eigenvalue weighted by Crippen LogP contribution is 2.29. The second-order valence-electron chi connectivity index (χ2n) is 4.23. The average molecular weight is 256 g/mol. The van der Waals surface area contributed by atoms with Gasteiger partial charge in [-0.2, -0.15) is 0 Å².